The van der Waals surface area contributed by atoms with E-state index in [1.165, 1.54) is 34.8 Å². The molecule has 6 heteroatoms. The first-order chi connectivity index (χ1) is 12.7. The largest absolute Gasteiger partial charge is 0.465 e. The highest BCUT2D eigenvalue weighted by Crippen LogP contribution is 2.28. The lowest BCUT2D eigenvalue weighted by Gasteiger charge is -2.40. The van der Waals surface area contributed by atoms with Crippen LogP contribution in [-0.4, -0.2) is 52.2 Å². The summed E-state index contributed by atoms with van der Waals surface area (Å²) in [5, 5.41) is 10.8. The Morgan fingerprint density at radius 2 is 2.12 bits per heavy atom. The molecule has 142 valence electrons. The van der Waals surface area contributed by atoms with Crippen molar-refractivity contribution in [1.82, 2.24) is 14.8 Å². The lowest BCUT2D eigenvalue weighted by molar-refractivity contribution is 0.0454. The summed E-state index contributed by atoms with van der Waals surface area (Å²) in [4.78, 5) is 11.4. The highest BCUT2D eigenvalue weighted by Gasteiger charge is 2.28. The number of aryl methyl sites for hydroxylation is 3. The van der Waals surface area contributed by atoms with Crippen LogP contribution < -0.4 is 0 Å². The van der Waals surface area contributed by atoms with Gasteiger partial charge in [-0.1, -0.05) is 0 Å². The molecule has 0 spiro atoms. The zero-order valence-corrected chi connectivity index (χ0v) is 16.4. The summed E-state index contributed by atoms with van der Waals surface area (Å²) in [6.07, 6.45) is 5.80. The van der Waals surface area contributed by atoms with E-state index in [2.05, 4.69) is 15.9 Å². The summed E-state index contributed by atoms with van der Waals surface area (Å²) in [6.45, 7) is 7.05. The second kappa shape index (κ2) is 8.21. The molecule has 5 nitrogen and oxygen atoms in total. The summed E-state index contributed by atoms with van der Waals surface area (Å²) >= 11 is 1.92. The molecule has 1 aliphatic carbocycles. The molecule has 26 heavy (non-hydrogen) atoms. The van der Waals surface area contributed by atoms with Crippen LogP contribution in [0.5, 0.6) is 0 Å². The van der Waals surface area contributed by atoms with Crippen molar-refractivity contribution in [2.24, 2.45) is 0 Å². The summed E-state index contributed by atoms with van der Waals surface area (Å²) in [5.74, 6) is 1.98. The Kier molecular flexibility index (Phi) is 5.74. The van der Waals surface area contributed by atoms with E-state index in [0.29, 0.717) is 6.04 Å². The molecule has 3 heterocycles. The molecule has 0 bridgehead atoms. The van der Waals surface area contributed by atoms with Crippen LogP contribution in [0, 0.1) is 6.92 Å². The van der Waals surface area contributed by atoms with Crippen molar-refractivity contribution in [2.75, 3.05) is 26.2 Å². The van der Waals surface area contributed by atoms with Crippen molar-refractivity contribution < 1.29 is 9.52 Å². The number of furan rings is 1. The molecule has 0 unspecified atom stereocenters. The first kappa shape index (κ1) is 18.2. The number of hydrogen-bond donors (Lipinski definition) is 1. The van der Waals surface area contributed by atoms with Gasteiger partial charge < -0.3 is 9.52 Å². The monoisotopic (exact) mass is 375 g/mol. The van der Waals surface area contributed by atoms with E-state index in [4.69, 9.17) is 9.40 Å². The van der Waals surface area contributed by atoms with Gasteiger partial charge in [0.2, 0.25) is 0 Å². The van der Waals surface area contributed by atoms with Crippen molar-refractivity contribution in [3.05, 3.63) is 39.2 Å². The maximum atomic E-state index is 9.51. The Balaban J connectivity index is 1.38. The van der Waals surface area contributed by atoms with Crippen molar-refractivity contribution in [1.29, 1.82) is 0 Å². The van der Waals surface area contributed by atoms with Gasteiger partial charge in [0.05, 0.1) is 18.8 Å². The maximum absolute atomic E-state index is 9.51. The number of rotatable bonds is 6. The molecule has 0 radical (unpaired) electrons. The van der Waals surface area contributed by atoms with Gasteiger partial charge in [0.25, 0.3) is 0 Å². The van der Waals surface area contributed by atoms with Crippen LogP contribution in [0.25, 0.3) is 0 Å². The molecule has 0 saturated carbocycles. The van der Waals surface area contributed by atoms with Crippen molar-refractivity contribution in [2.45, 2.75) is 58.2 Å². The topological polar surface area (TPSA) is 52.7 Å². The standard InChI is InChI=1S/C20H29N3O2S/c1-15-6-7-17(25-15)13-23-10-9-22(12-16(23)8-11-24)14-20-21-18-4-2-3-5-19(18)26-20/h6-7,16,24H,2-5,8-14H2,1H3/t16-/m1/s1. The predicted octanol–water partition coefficient (Wildman–Crippen LogP) is 2.99. The quantitative estimate of drug-likeness (QED) is 0.841. The Hall–Kier alpha value is -1.21. The van der Waals surface area contributed by atoms with E-state index in [-0.39, 0.29) is 6.61 Å². The van der Waals surface area contributed by atoms with Gasteiger partial charge in [0.1, 0.15) is 16.5 Å². The second-order valence-corrected chi connectivity index (χ2v) is 8.74. The van der Waals surface area contributed by atoms with Gasteiger partial charge >= 0.3 is 0 Å². The fraction of sp³-hybridized carbons (Fsp3) is 0.650. The third-order valence-corrected chi connectivity index (χ3v) is 6.70. The summed E-state index contributed by atoms with van der Waals surface area (Å²) < 4.78 is 5.76. The fourth-order valence-electron chi connectivity index (χ4n) is 4.17. The van der Waals surface area contributed by atoms with Gasteiger partial charge in [-0.05, 0) is 51.2 Å². The highest BCUT2D eigenvalue weighted by atomic mass is 32.1. The zero-order valence-electron chi connectivity index (χ0n) is 15.6. The number of nitrogens with zero attached hydrogens (tertiary/aromatic N) is 3. The van der Waals surface area contributed by atoms with Crippen LogP contribution in [0.3, 0.4) is 0 Å². The van der Waals surface area contributed by atoms with E-state index < -0.39 is 0 Å². The number of fused-ring (bicyclic) bond motifs is 1. The third kappa shape index (κ3) is 4.19. The molecule has 4 rings (SSSR count). The Morgan fingerprint density at radius 3 is 2.88 bits per heavy atom. The van der Waals surface area contributed by atoms with Gasteiger partial charge in [-0.2, -0.15) is 0 Å². The van der Waals surface area contributed by atoms with Crippen LogP contribution in [-0.2, 0) is 25.9 Å². The normalized spacial score (nSPS) is 21.8. The number of aliphatic hydroxyl groups excluding tert-OH is 1. The van der Waals surface area contributed by atoms with Gasteiger partial charge in [0.15, 0.2) is 0 Å². The molecule has 1 N–H and O–H groups in total. The smallest absolute Gasteiger partial charge is 0.118 e. The molecule has 2 aromatic heterocycles. The van der Waals surface area contributed by atoms with Gasteiger partial charge in [-0.15, -0.1) is 11.3 Å². The molecule has 1 saturated heterocycles. The first-order valence-corrected chi connectivity index (χ1v) is 10.6. The molecule has 0 aromatic carbocycles. The van der Waals surface area contributed by atoms with Crippen LogP contribution in [0.15, 0.2) is 16.5 Å². The molecular weight excluding hydrogens is 346 g/mol. The first-order valence-electron chi connectivity index (χ1n) is 9.81. The summed E-state index contributed by atoms with van der Waals surface area (Å²) in [5.41, 5.74) is 1.36. The predicted molar refractivity (Wildman–Crippen MR) is 103 cm³/mol. The SMILES string of the molecule is Cc1ccc(CN2CCN(Cc3nc4c(s3)CCCC4)C[C@H]2CCO)o1. The van der Waals surface area contributed by atoms with Crippen LogP contribution in [0.2, 0.25) is 0 Å². The van der Waals surface area contributed by atoms with Gasteiger partial charge in [-0.25, -0.2) is 4.98 Å². The van der Waals surface area contributed by atoms with E-state index in [1.54, 1.807) is 0 Å². The van der Waals surface area contributed by atoms with Crippen LogP contribution in [0.4, 0.5) is 0 Å². The Bertz CT molecular complexity index is 703. The molecule has 1 aliphatic heterocycles. The number of piperazine rings is 1. The van der Waals surface area contributed by atoms with Crippen molar-refractivity contribution in [3.63, 3.8) is 0 Å². The van der Waals surface area contributed by atoms with Gasteiger partial charge in [0, 0.05) is 37.2 Å². The maximum Gasteiger partial charge on any atom is 0.118 e. The van der Waals surface area contributed by atoms with E-state index in [9.17, 15) is 5.11 Å². The average molecular weight is 376 g/mol. The number of thiazole rings is 1. The third-order valence-electron chi connectivity index (χ3n) is 5.55. The Morgan fingerprint density at radius 1 is 1.23 bits per heavy atom. The van der Waals surface area contributed by atoms with E-state index in [0.717, 1.165) is 57.1 Å². The highest BCUT2D eigenvalue weighted by molar-refractivity contribution is 7.11. The average Bonchev–Trinajstić information content (AvgIpc) is 3.22. The van der Waals surface area contributed by atoms with Crippen molar-refractivity contribution >= 4 is 11.3 Å². The number of aliphatic hydroxyl groups is 1. The molecular formula is C20H29N3O2S. The minimum absolute atomic E-state index is 0.234. The second-order valence-electron chi connectivity index (χ2n) is 7.57. The van der Waals surface area contributed by atoms with Crippen molar-refractivity contribution in [3.8, 4) is 0 Å². The minimum Gasteiger partial charge on any atom is -0.465 e. The lowest BCUT2D eigenvalue weighted by Crippen LogP contribution is -2.52. The van der Waals surface area contributed by atoms with Gasteiger partial charge in [-0.3, -0.25) is 9.80 Å². The summed E-state index contributed by atoms with van der Waals surface area (Å²) in [6, 6.07) is 4.46. The van der Waals surface area contributed by atoms with E-state index in [1.807, 2.05) is 24.3 Å². The molecule has 2 aromatic rings. The molecule has 2 aliphatic rings. The van der Waals surface area contributed by atoms with E-state index >= 15 is 0 Å². The Labute approximate surface area is 159 Å². The zero-order chi connectivity index (χ0) is 17.9. The molecule has 1 fully saturated rings. The van der Waals surface area contributed by atoms with Crippen LogP contribution in [0.1, 0.15) is 46.4 Å². The minimum atomic E-state index is 0.234. The lowest BCUT2D eigenvalue weighted by atomic mass is 10.0. The molecule has 1 atom stereocenters. The van der Waals surface area contributed by atoms with Crippen LogP contribution >= 0.6 is 11.3 Å². The summed E-state index contributed by atoms with van der Waals surface area (Å²) in [7, 11) is 0. The number of aromatic nitrogens is 1. The fourth-order valence-corrected chi connectivity index (χ4v) is 5.37. The number of hydrogen-bond acceptors (Lipinski definition) is 6. The molecule has 0 amide bonds.